The van der Waals surface area contributed by atoms with Gasteiger partial charge in [0, 0.05) is 25.6 Å². The molecular formula is C28H34F3N7O4. The molecule has 1 saturated heterocycles. The summed E-state index contributed by atoms with van der Waals surface area (Å²) in [6.07, 6.45) is 3.54. The van der Waals surface area contributed by atoms with Crippen LogP contribution in [-0.4, -0.2) is 61.5 Å². The summed E-state index contributed by atoms with van der Waals surface area (Å²) in [7, 11) is 1.03. The lowest BCUT2D eigenvalue weighted by Crippen LogP contribution is -2.42. The number of rotatable bonds is 8. The SMILES string of the molecule is CCn1nccc1C(=O)N[C@H](c1cn2nc(CC3(C(=O)OC)C[C@@H](C(F)(F)F)NC3=O)ccc2n1)C1CCCCCC1. The summed E-state index contributed by atoms with van der Waals surface area (Å²) in [6.45, 7) is 2.44. The van der Waals surface area contributed by atoms with Crippen LogP contribution in [0.1, 0.15) is 79.8 Å². The van der Waals surface area contributed by atoms with E-state index in [0.717, 1.165) is 45.6 Å². The quantitative estimate of drug-likeness (QED) is 0.233. The van der Waals surface area contributed by atoms with Crippen LogP contribution in [0.15, 0.2) is 30.6 Å². The summed E-state index contributed by atoms with van der Waals surface area (Å²) in [4.78, 5) is 43.5. The molecule has 226 valence electrons. The van der Waals surface area contributed by atoms with Gasteiger partial charge in [-0.25, -0.2) is 9.50 Å². The molecule has 11 nitrogen and oxygen atoms in total. The average molecular weight is 590 g/mol. The Labute approximate surface area is 240 Å². The number of aromatic nitrogens is 5. The highest BCUT2D eigenvalue weighted by Crippen LogP contribution is 2.40. The molecule has 14 heteroatoms. The number of nitrogens with one attached hydrogen (secondary N) is 2. The summed E-state index contributed by atoms with van der Waals surface area (Å²) in [5.41, 5.74) is -0.354. The minimum absolute atomic E-state index is 0.142. The highest BCUT2D eigenvalue weighted by molar-refractivity contribution is 6.04. The molecule has 3 atom stereocenters. The fourth-order valence-corrected chi connectivity index (χ4v) is 6.15. The maximum atomic E-state index is 13.4. The Kier molecular flexibility index (Phi) is 8.24. The van der Waals surface area contributed by atoms with Crippen LogP contribution in [0.5, 0.6) is 0 Å². The first-order valence-electron chi connectivity index (χ1n) is 14.2. The van der Waals surface area contributed by atoms with Crippen molar-refractivity contribution in [3.05, 3.63) is 47.7 Å². The summed E-state index contributed by atoms with van der Waals surface area (Å²) >= 11 is 0. The molecule has 4 heterocycles. The topological polar surface area (TPSA) is 133 Å². The first-order chi connectivity index (χ1) is 20.1. The van der Waals surface area contributed by atoms with Crippen LogP contribution < -0.4 is 10.6 Å². The number of fused-ring (bicyclic) bond motifs is 1. The number of alkyl halides is 3. The molecule has 0 radical (unpaired) electrons. The lowest BCUT2D eigenvalue weighted by molar-refractivity contribution is -0.160. The molecule has 1 unspecified atom stereocenters. The van der Waals surface area contributed by atoms with E-state index in [1.165, 1.54) is 10.6 Å². The molecule has 3 aromatic rings. The number of carbonyl (C=O) groups excluding carboxylic acids is 3. The first kappa shape index (κ1) is 29.5. The molecule has 3 aromatic heterocycles. The zero-order valence-electron chi connectivity index (χ0n) is 23.5. The number of amides is 2. The van der Waals surface area contributed by atoms with Crippen LogP contribution in [0.3, 0.4) is 0 Å². The molecule has 42 heavy (non-hydrogen) atoms. The van der Waals surface area contributed by atoms with Crippen molar-refractivity contribution in [1.82, 2.24) is 35.0 Å². The third-order valence-corrected chi connectivity index (χ3v) is 8.37. The minimum atomic E-state index is -4.71. The zero-order chi connectivity index (χ0) is 30.1. The molecule has 0 aromatic carbocycles. The van der Waals surface area contributed by atoms with Crippen LogP contribution in [0.2, 0.25) is 0 Å². The molecule has 5 rings (SSSR count). The molecular weight excluding hydrogens is 555 g/mol. The minimum Gasteiger partial charge on any atom is -0.468 e. The monoisotopic (exact) mass is 589 g/mol. The van der Waals surface area contributed by atoms with E-state index in [4.69, 9.17) is 9.72 Å². The van der Waals surface area contributed by atoms with E-state index in [0.29, 0.717) is 23.6 Å². The first-order valence-corrected chi connectivity index (χ1v) is 14.2. The maximum absolute atomic E-state index is 13.4. The van der Waals surface area contributed by atoms with Crippen molar-refractivity contribution in [1.29, 1.82) is 0 Å². The van der Waals surface area contributed by atoms with E-state index in [1.54, 1.807) is 29.2 Å². The van der Waals surface area contributed by atoms with Crippen molar-refractivity contribution in [3.8, 4) is 0 Å². The second-order valence-electron chi connectivity index (χ2n) is 11.1. The molecule has 1 aliphatic carbocycles. The third kappa shape index (κ3) is 5.71. The standard InChI is InChI=1S/C28H34F3N7O4/c1-3-37-20(12-13-32-37)24(39)35-23(17-8-6-4-5-7-9-17)19-16-38-22(33-19)11-10-18(36-38)14-27(26(41)42-2)15-21(28(29,30)31)34-25(27)40/h10-13,16-17,21,23H,3-9,14-15H2,1-2H3,(H,34,40)(H,35,39)/t21-,23-,27?/m0/s1. The van der Waals surface area contributed by atoms with E-state index in [9.17, 15) is 27.6 Å². The highest BCUT2D eigenvalue weighted by atomic mass is 19.4. The predicted molar refractivity (Wildman–Crippen MR) is 143 cm³/mol. The van der Waals surface area contributed by atoms with Crippen molar-refractivity contribution in [2.45, 2.75) is 83.1 Å². The number of halogens is 3. The van der Waals surface area contributed by atoms with Crippen LogP contribution in [-0.2, 0) is 27.3 Å². The Morgan fingerprint density at radius 2 is 1.93 bits per heavy atom. The molecule has 2 N–H and O–H groups in total. The second-order valence-corrected chi connectivity index (χ2v) is 11.1. The molecule has 0 bridgehead atoms. The Hall–Kier alpha value is -3.97. The van der Waals surface area contributed by atoms with Crippen molar-refractivity contribution >= 4 is 23.4 Å². The largest absolute Gasteiger partial charge is 0.468 e. The number of ether oxygens (including phenoxy) is 1. The lowest BCUT2D eigenvalue weighted by atomic mass is 9.80. The molecule has 2 amide bonds. The highest BCUT2D eigenvalue weighted by Gasteiger charge is 2.60. The van der Waals surface area contributed by atoms with E-state index in [1.807, 2.05) is 12.2 Å². The van der Waals surface area contributed by atoms with Crippen molar-refractivity contribution in [2.24, 2.45) is 11.3 Å². The zero-order valence-corrected chi connectivity index (χ0v) is 23.5. The summed E-state index contributed by atoms with van der Waals surface area (Å²) in [6, 6.07) is 2.25. The summed E-state index contributed by atoms with van der Waals surface area (Å²) in [5.74, 6) is -2.22. The number of nitrogens with zero attached hydrogens (tertiary/aromatic N) is 5. The third-order valence-electron chi connectivity index (χ3n) is 8.37. The van der Waals surface area contributed by atoms with Gasteiger partial charge in [0.2, 0.25) is 5.91 Å². The van der Waals surface area contributed by atoms with Crippen LogP contribution in [0.4, 0.5) is 13.2 Å². The van der Waals surface area contributed by atoms with Gasteiger partial charge in [-0.2, -0.15) is 23.4 Å². The Morgan fingerprint density at radius 1 is 1.19 bits per heavy atom. The van der Waals surface area contributed by atoms with Crippen LogP contribution >= 0.6 is 0 Å². The lowest BCUT2D eigenvalue weighted by Gasteiger charge is -2.26. The molecule has 1 aliphatic heterocycles. The second kappa shape index (κ2) is 11.7. The fourth-order valence-electron chi connectivity index (χ4n) is 6.15. The Balaban J connectivity index is 1.46. The number of hydrogen-bond acceptors (Lipinski definition) is 7. The summed E-state index contributed by atoms with van der Waals surface area (Å²) < 4.78 is 48.2. The Bertz CT molecular complexity index is 1460. The van der Waals surface area contributed by atoms with Gasteiger partial charge < -0.3 is 15.4 Å². The van der Waals surface area contributed by atoms with Gasteiger partial charge in [0.15, 0.2) is 11.1 Å². The van der Waals surface area contributed by atoms with E-state index in [-0.39, 0.29) is 23.9 Å². The predicted octanol–water partition coefficient (Wildman–Crippen LogP) is 3.54. The normalized spacial score (nSPS) is 22.5. The van der Waals surface area contributed by atoms with Gasteiger partial charge in [0.1, 0.15) is 11.7 Å². The van der Waals surface area contributed by atoms with Crippen LogP contribution in [0, 0.1) is 11.3 Å². The number of imidazole rings is 1. The number of esters is 1. The smallest absolute Gasteiger partial charge is 0.408 e. The number of methoxy groups -OCH3 is 1. The molecule has 1 saturated carbocycles. The number of hydrogen-bond donors (Lipinski definition) is 2. The van der Waals surface area contributed by atoms with Crippen LogP contribution in [0.25, 0.3) is 5.65 Å². The van der Waals surface area contributed by atoms with E-state index < -0.39 is 42.0 Å². The fraction of sp³-hybridized carbons (Fsp3) is 0.571. The van der Waals surface area contributed by atoms with Gasteiger partial charge in [-0.05, 0) is 43.9 Å². The van der Waals surface area contributed by atoms with E-state index in [2.05, 4.69) is 15.5 Å². The van der Waals surface area contributed by atoms with Gasteiger partial charge in [0.05, 0.1) is 30.7 Å². The van der Waals surface area contributed by atoms with Crippen molar-refractivity contribution in [2.75, 3.05) is 7.11 Å². The van der Waals surface area contributed by atoms with Gasteiger partial charge in [-0.1, -0.05) is 25.7 Å². The van der Waals surface area contributed by atoms with Gasteiger partial charge in [-0.15, -0.1) is 0 Å². The van der Waals surface area contributed by atoms with Gasteiger partial charge >= 0.3 is 12.1 Å². The number of carbonyl (C=O) groups is 3. The maximum Gasteiger partial charge on any atom is 0.408 e. The Morgan fingerprint density at radius 3 is 2.57 bits per heavy atom. The van der Waals surface area contributed by atoms with E-state index >= 15 is 0 Å². The molecule has 2 fully saturated rings. The van der Waals surface area contributed by atoms with Crippen molar-refractivity contribution < 1.29 is 32.3 Å². The molecule has 2 aliphatic rings. The van der Waals surface area contributed by atoms with Gasteiger partial charge in [0.25, 0.3) is 5.91 Å². The van der Waals surface area contributed by atoms with Gasteiger partial charge in [-0.3, -0.25) is 19.1 Å². The molecule has 0 spiro atoms. The summed E-state index contributed by atoms with van der Waals surface area (Å²) in [5, 5.41) is 13.8. The average Bonchev–Trinajstić information content (AvgIpc) is 3.63. The van der Waals surface area contributed by atoms with Crippen molar-refractivity contribution in [3.63, 3.8) is 0 Å². The number of aryl methyl sites for hydroxylation is 1.